The number of hydrogen-bond donors (Lipinski definition) is 1. The van der Waals surface area contributed by atoms with Gasteiger partial charge in [-0.25, -0.2) is 8.42 Å². The molecule has 2 bridgehead atoms. The van der Waals surface area contributed by atoms with E-state index in [-0.39, 0.29) is 23.4 Å². The van der Waals surface area contributed by atoms with Crippen molar-refractivity contribution in [2.24, 2.45) is 11.8 Å². The molecule has 1 amide bonds. The summed E-state index contributed by atoms with van der Waals surface area (Å²) in [5.41, 5.74) is 1.53. The molecule has 0 aliphatic heterocycles. The molecular formula is C23H28N2O3S2. The molecule has 160 valence electrons. The molecule has 1 N–H and O–H groups in total. The molecule has 5 nitrogen and oxygen atoms in total. The van der Waals surface area contributed by atoms with Crippen LogP contribution in [-0.2, 0) is 14.8 Å². The number of rotatable bonds is 7. The highest BCUT2D eigenvalue weighted by Gasteiger charge is 2.40. The maximum atomic E-state index is 13.5. The summed E-state index contributed by atoms with van der Waals surface area (Å²) < 4.78 is 28.1. The van der Waals surface area contributed by atoms with Crippen molar-refractivity contribution < 1.29 is 13.2 Å². The van der Waals surface area contributed by atoms with Crippen LogP contribution in [0, 0.1) is 18.8 Å². The summed E-state index contributed by atoms with van der Waals surface area (Å²) in [6.07, 6.45) is 6.57. The van der Waals surface area contributed by atoms with E-state index in [1.54, 1.807) is 48.2 Å². The number of nitrogens with one attached hydrogen (secondary N) is 1. The third-order valence-electron chi connectivity index (χ3n) is 6.34. The van der Waals surface area contributed by atoms with Crippen LogP contribution in [0.25, 0.3) is 0 Å². The second-order valence-corrected chi connectivity index (χ2v) is 11.1. The van der Waals surface area contributed by atoms with Crippen LogP contribution in [0.2, 0.25) is 0 Å². The first kappa shape index (κ1) is 21.2. The quantitative estimate of drug-likeness (QED) is 0.650. The van der Waals surface area contributed by atoms with Crippen LogP contribution in [-0.4, -0.2) is 33.2 Å². The molecule has 0 spiro atoms. The van der Waals surface area contributed by atoms with Gasteiger partial charge in [0, 0.05) is 10.9 Å². The minimum absolute atomic E-state index is 0.180. The lowest BCUT2D eigenvalue weighted by molar-refractivity contribution is -0.120. The number of carbonyl (C=O) groups excluding carboxylic acids is 1. The lowest BCUT2D eigenvalue weighted by Crippen LogP contribution is -2.46. The SMILES string of the molecule is CSc1ccc(S(=O)(=O)N(CC(=O)N[C@@H]2C[C@H]3CC[C@@H]2C3)c2ccc(C)cc2)cc1. The number of aryl methyl sites for hydroxylation is 1. The van der Waals surface area contributed by atoms with E-state index in [9.17, 15) is 13.2 Å². The molecule has 2 aromatic rings. The van der Waals surface area contributed by atoms with Gasteiger partial charge in [0.1, 0.15) is 6.54 Å². The minimum atomic E-state index is -3.87. The average molecular weight is 445 g/mol. The number of nitrogens with zero attached hydrogens (tertiary/aromatic N) is 1. The summed E-state index contributed by atoms with van der Waals surface area (Å²) in [5, 5.41) is 3.12. The summed E-state index contributed by atoms with van der Waals surface area (Å²) in [7, 11) is -3.87. The first-order chi connectivity index (χ1) is 14.4. The van der Waals surface area contributed by atoms with Crippen LogP contribution in [0.4, 0.5) is 5.69 Å². The van der Waals surface area contributed by atoms with Crippen molar-refractivity contribution in [3.05, 3.63) is 54.1 Å². The van der Waals surface area contributed by atoms with Crippen LogP contribution in [0.5, 0.6) is 0 Å². The number of benzene rings is 2. The zero-order chi connectivity index (χ0) is 21.3. The molecule has 3 atom stereocenters. The molecule has 0 radical (unpaired) electrons. The minimum Gasteiger partial charge on any atom is -0.352 e. The zero-order valence-electron chi connectivity index (χ0n) is 17.4. The van der Waals surface area contributed by atoms with Gasteiger partial charge in [0.05, 0.1) is 10.6 Å². The predicted octanol–water partition coefficient (Wildman–Crippen LogP) is 4.22. The number of hydrogen-bond acceptors (Lipinski definition) is 4. The Bertz CT molecular complexity index is 1000. The van der Waals surface area contributed by atoms with Gasteiger partial charge in [-0.3, -0.25) is 9.10 Å². The molecule has 2 saturated carbocycles. The van der Waals surface area contributed by atoms with Gasteiger partial charge in [-0.1, -0.05) is 24.1 Å². The fraction of sp³-hybridized carbons (Fsp3) is 0.435. The summed E-state index contributed by atoms with van der Waals surface area (Å²) in [6, 6.07) is 14.2. The number of thioether (sulfide) groups is 1. The van der Waals surface area contributed by atoms with Gasteiger partial charge in [-0.05, 0) is 80.7 Å². The molecular weight excluding hydrogens is 416 g/mol. The van der Waals surface area contributed by atoms with E-state index in [1.807, 2.05) is 25.3 Å². The van der Waals surface area contributed by atoms with Crippen molar-refractivity contribution in [1.29, 1.82) is 0 Å². The van der Waals surface area contributed by atoms with Crippen molar-refractivity contribution in [2.75, 3.05) is 17.1 Å². The predicted molar refractivity (Wildman–Crippen MR) is 121 cm³/mol. The van der Waals surface area contributed by atoms with Crippen molar-refractivity contribution in [2.45, 2.75) is 48.4 Å². The van der Waals surface area contributed by atoms with Crippen molar-refractivity contribution >= 4 is 33.4 Å². The van der Waals surface area contributed by atoms with Gasteiger partial charge in [-0.15, -0.1) is 11.8 Å². The first-order valence-electron chi connectivity index (χ1n) is 10.4. The molecule has 2 aliphatic rings. The molecule has 7 heteroatoms. The standard InChI is InChI=1S/C23H28N2O3S2/c1-16-3-7-19(8-4-16)25(30(27,28)21-11-9-20(29-2)10-12-21)15-23(26)24-22-14-17-5-6-18(22)13-17/h3-4,7-12,17-18,22H,5-6,13-15H2,1-2H3,(H,24,26)/t17-,18+,22+/m0/s1. The molecule has 2 aliphatic carbocycles. The Morgan fingerprint density at radius 2 is 1.77 bits per heavy atom. The Kier molecular flexibility index (Phi) is 6.11. The highest BCUT2D eigenvalue weighted by molar-refractivity contribution is 7.98. The third kappa shape index (κ3) is 4.37. The van der Waals surface area contributed by atoms with E-state index in [0.717, 1.165) is 23.3 Å². The van der Waals surface area contributed by atoms with E-state index in [0.29, 0.717) is 17.5 Å². The van der Waals surface area contributed by atoms with Crippen molar-refractivity contribution in [3.8, 4) is 0 Å². The highest BCUT2D eigenvalue weighted by Crippen LogP contribution is 2.44. The topological polar surface area (TPSA) is 66.5 Å². The van der Waals surface area contributed by atoms with Crippen molar-refractivity contribution in [3.63, 3.8) is 0 Å². The Morgan fingerprint density at radius 1 is 1.07 bits per heavy atom. The molecule has 4 rings (SSSR count). The van der Waals surface area contributed by atoms with Crippen LogP contribution in [0.3, 0.4) is 0 Å². The van der Waals surface area contributed by atoms with Crippen LogP contribution < -0.4 is 9.62 Å². The van der Waals surface area contributed by atoms with E-state index in [4.69, 9.17) is 0 Å². The molecule has 30 heavy (non-hydrogen) atoms. The average Bonchev–Trinajstić information content (AvgIpc) is 3.36. The summed E-state index contributed by atoms with van der Waals surface area (Å²) in [5.74, 6) is 1.02. The smallest absolute Gasteiger partial charge is 0.264 e. The Hall–Kier alpha value is -1.99. The molecule has 0 saturated heterocycles. The lowest BCUT2D eigenvalue weighted by atomic mass is 9.95. The summed E-state index contributed by atoms with van der Waals surface area (Å²) >= 11 is 1.56. The number of carbonyl (C=O) groups is 1. The van der Waals surface area contributed by atoms with E-state index < -0.39 is 10.0 Å². The van der Waals surface area contributed by atoms with Crippen molar-refractivity contribution in [1.82, 2.24) is 5.32 Å². The second kappa shape index (κ2) is 8.63. The molecule has 0 aromatic heterocycles. The number of anilines is 1. The fourth-order valence-electron chi connectivity index (χ4n) is 4.71. The molecule has 2 aromatic carbocycles. The van der Waals surface area contributed by atoms with Crippen LogP contribution in [0.15, 0.2) is 58.3 Å². The van der Waals surface area contributed by atoms with Gasteiger partial charge in [-0.2, -0.15) is 0 Å². The maximum Gasteiger partial charge on any atom is 0.264 e. The number of amides is 1. The number of fused-ring (bicyclic) bond motifs is 2. The Morgan fingerprint density at radius 3 is 2.33 bits per heavy atom. The van der Waals surface area contributed by atoms with E-state index in [2.05, 4.69) is 5.32 Å². The second-order valence-electron chi connectivity index (χ2n) is 8.37. The molecule has 2 fully saturated rings. The Balaban J connectivity index is 1.58. The van der Waals surface area contributed by atoms with E-state index in [1.165, 1.54) is 17.1 Å². The lowest BCUT2D eigenvalue weighted by Gasteiger charge is -2.27. The number of sulfonamides is 1. The maximum absolute atomic E-state index is 13.5. The van der Waals surface area contributed by atoms with E-state index >= 15 is 0 Å². The van der Waals surface area contributed by atoms with Gasteiger partial charge in [0.2, 0.25) is 5.91 Å². The normalized spacial score (nSPS) is 22.8. The van der Waals surface area contributed by atoms with Gasteiger partial charge in [0.25, 0.3) is 10.0 Å². The largest absolute Gasteiger partial charge is 0.352 e. The van der Waals surface area contributed by atoms with Gasteiger partial charge < -0.3 is 5.32 Å². The molecule has 0 unspecified atom stereocenters. The highest BCUT2D eigenvalue weighted by atomic mass is 32.2. The van der Waals surface area contributed by atoms with Crippen LogP contribution >= 0.6 is 11.8 Å². The monoisotopic (exact) mass is 444 g/mol. The summed E-state index contributed by atoms with van der Waals surface area (Å²) in [4.78, 5) is 14.1. The van der Waals surface area contributed by atoms with Gasteiger partial charge in [0.15, 0.2) is 0 Å². The zero-order valence-corrected chi connectivity index (χ0v) is 19.0. The third-order valence-corrected chi connectivity index (χ3v) is 8.87. The molecule has 0 heterocycles. The first-order valence-corrected chi connectivity index (χ1v) is 13.1. The Labute approximate surface area is 183 Å². The van der Waals surface area contributed by atoms with Gasteiger partial charge >= 0.3 is 0 Å². The summed E-state index contributed by atoms with van der Waals surface area (Å²) in [6.45, 7) is 1.73. The van der Waals surface area contributed by atoms with Crippen LogP contribution in [0.1, 0.15) is 31.2 Å². The fourth-order valence-corrected chi connectivity index (χ4v) is 6.53.